The highest BCUT2D eigenvalue weighted by molar-refractivity contribution is 6.21. The fourth-order valence-electron chi connectivity index (χ4n) is 3.06. The maximum Gasteiger partial charge on any atom is 0.261 e. The average molecular weight is 338 g/mol. The topological polar surface area (TPSA) is 87.2 Å². The average Bonchev–Trinajstić information content (AvgIpc) is 2.96. The monoisotopic (exact) mass is 338 g/mol. The van der Waals surface area contributed by atoms with E-state index in [-0.39, 0.29) is 17.7 Å². The third-order valence-electron chi connectivity index (χ3n) is 4.52. The molecule has 3 amide bonds. The molecule has 0 saturated heterocycles. The molecule has 0 fully saturated rings. The van der Waals surface area contributed by atoms with Gasteiger partial charge in [0.1, 0.15) is 11.5 Å². The largest absolute Gasteiger partial charge is 0.457 e. The van der Waals surface area contributed by atoms with Crippen molar-refractivity contribution >= 4 is 17.7 Å². The van der Waals surface area contributed by atoms with Crippen LogP contribution in [-0.2, 0) is 0 Å². The van der Waals surface area contributed by atoms with Crippen LogP contribution in [0.15, 0.2) is 36.4 Å². The summed E-state index contributed by atoms with van der Waals surface area (Å²) < 4.78 is 5.74. The number of aliphatic hydroxyl groups is 1. The van der Waals surface area contributed by atoms with E-state index in [1.165, 1.54) is 25.1 Å². The van der Waals surface area contributed by atoms with Crippen molar-refractivity contribution in [2.75, 3.05) is 14.1 Å². The molecular formula is C18H14N2O5. The van der Waals surface area contributed by atoms with E-state index in [4.69, 9.17) is 4.74 Å². The Morgan fingerprint density at radius 2 is 1.44 bits per heavy atom. The van der Waals surface area contributed by atoms with E-state index in [0.717, 1.165) is 4.90 Å². The van der Waals surface area contributed by atoms with Gasteiger partial charge >= 0.3 is 0 Å². The third-order valence-corrected chi connectivity index (χ3v) is 4.52. The van der Waals surface area contributed by atoms with E-state index < -0.39 is 6.23 Å². The molecule has 2 aromatic rings. The van der Waals surface area contributed by atoms with Crippen LogP contribution < -0.4 is 4.74 Å². The highest BCUT2D eigenvalue weighted by atomic mass is 16.5. The van der Waals surface area contributed by atoms with Gasteiger partial charge < -0.3 is 14.7 Å². The van der Waals surface area contributed by atoms with Crippen LogP contribution in [0.3, 0.4) is 0 Å². The number of carbonyl (C=O) groups is 3. The number of benzene rings is 2. The Bertz CT molecular complexity index is 952. The molecule has 2 aliphatic heterocycles. The van der Waals surface area contributed by atoms with Gasteiger partial charge in [0.25, 0.3) is 17.7 Å². The van der Waals surface area contributed by atoms with Gasteiger partial charge in [-0.2, -0.15) is 0 Å². The quantitative estimate of drug-likeness (QED) is 0.844. The van der Waals surface area contributed by atoms with Gasteiger partial charge in [-0.15, -0.1) is 0 Å². The number of nitrogens with zero attached hydrogens (tertiary/aromatic N) is 2. The highest BCUT2D eigenvalue weighted by Crippen LogP contribution is 2.35. The van der Waals surface area contributed by atoms with Gasteiger partial charge in [0.05, 0.1) is 11.1 Å². The maximum atomic E-state index is 12.1. The summed E-state index contributed by atoms with van der Waals surface area (Å²) in [6.45, 7) is 0. The molecule has 0 spiro atoms. The molecule has 1 N–H and O–H groups in total. The zero-order valence-corrected chi connectivity index (χ0v) is 13.5. The molecule has 25 heavy (non-hydrogen) atoms. The van der Waals surface area contributed by atoms with Crippen LogP contribution in [-0.4, -0.2) is 46.7 Å². The fraction of sp³-hybridized carbons (Fsp3) is 0.167. The number of imide groups is 1. The van der Waals surface area contributed by atoms with Crippen LogP contribution in [0.1, 0.15) is 42.9 Å². The minimum absolute atomic E-state index is 0.251. The van der Waals surface area contributed by atoms with Gasteiger partial charge in [0.2, 0.25) is 0 Å². The molecule has 0 bridgehead atoms. The van der Waals surface area contributed by atoms with Crippen LogP contribution in [0.25, 0.3) is 0 Å². The minimum Gasteiger partial charge on any atom is -0.457 e. The third kappa shape index (κ3) is 2.13. The summed E-state index contributed by atoms with van der Waals surface area (Å²) >= 11 is 0. The van der Waals surface area contributed by atoms with Crippen LogP contribution in [0, 0.1) is 0 Å². The van der Waals surface area contributed by atoms with Crippen molar-refractivity contribution in [3.05, 3.63) is 58.7 Å². The van der Waals surface area contributed by atoms with Gasteiger partial charge in [-0.05, 0) is 36.4 Å². The maximum absolute atomic E-state index is 12.1. The van der Waals surface area contributed by atoms with Crippen LogP contribution in [0.4, 0.5) is 0 Å². The summed E-state index contributed by atoms with van der Waals surface area (Å²) in [5.74, 6) is -0.150. The zero-order valence-electron chi connectivity index (χ0n) is 13.5. The molecule has 2 heterocycles. The number of hydrogen-bond donors (Lipinski definition) is 1. The van der Waals surface area contributed by atoms with E-state index in [9.17, 15) is 19.5 Å². The molecule has 0 radical (unpaired) electrons. The van der Waals surface area contributed by atoms with Gasteiger partial charge in [-0.25, -0.2) is 0 Å². The lowest BCUT2D eigenvalue weighted by Crippen LogP contribution is -2.24. The number of carbonyl (C=O) groups excluding carboxylic acids is 3. The number of amides is 3. The molecule has 2 aromatic carbocycles. The second-order valence-electron chi connectivity index (χ2n) is 6.02. The number of ether oxygens (including phenoxy) is 1. The Kier molecular flexibility index (Phi) is 3.16. The first-order chi connectivity index (χ1) is 11.9. The lowest BCUT2D eigenvalue weighted by molar-refractivity contribution is 0.0301. The van der Waals surface area contributed by atoms with Crippen LogP contribution in [0.5, 0.6) is 11.5 Å². The van der Waals surface area contributed by atoms with Gasteiger partial charge in [0.15, 0.2) is 6.23 Å². The van der Waals surface area contributed by atoms with Crippen molar-refractivity contribution in [1.29, 1.82) is 0 Å². The van der Waals surface area contributed by atoms with Crippen molar-refractivity contribution in [2.45, 2.75) is 6.23 Å². The number of aliphatic hydroxyl groups excluding tert-OH is 1. The number of rotatable bonds is 2. The standard InChI is InChI=1S/C18H14N2O5/c1-19-15(21)11-5-3-9(7-13(11)17(19)23)25-10-4-6-12-14(8-10)18(24)20(2)16(12)22/h3-8,17,23H,1-2H3. The molecule has 1 unspecified atom stereocenters. The van der Waals surface area contributed by atoms with Gasteiger partial charge in [-0.3, -0.25) is 19.3 Å². The summed E-state index contributed by atoms with van der Waals surface area (Å²) in [6.07, 6.45) is -1.01. The lowest BCUT2D eigenvalue weighted by atomic mass is 10.1. The van der Waals surface area contributed by atoms with Gasteiger partial charge in [-0.1, -0.05) is 0 Å². The van der Waals surface area contributed by atoms with E-state index in [1.54, 1.807) is 30.3 Å². The Hall–Kier alpha value is -3.19. The second kappa shape index (κ2) is 5.15. The SMILES string of the molecule is CN1C(=O)c2ccc(Oc3ccc4c(c3)C(O)N(C)C4=O)cc2C1=O. The van der Waals surface area contributed by atoms with Crippen molar-refractivity contribution in [1.82, 2.24) is 9.80 Å². The Labute approximate surface area is 143 Å². The smallest absolute Gasteiger partial charge is 0.261 e. The van der Waals surface area contributed by atoms with Gasteiger partial charge in [0, 0.05) is 25.2 Å². The summed E-state index contributed by atoms with van der Waals surface area (Å²) in [4.78, 5) is 38.2. The first kappa shape index (κ1) is 15.3. The van der Waals surface area contributed by atoms with E-state index in [1.807, 2.05) is 0 Å². The molecule has 7 nitrogen and oxygen atoms in total. The molecule has 4 rings (SSSR count). The Balaban J connectivity index is 1.66. The second-order valence-corrected chi connectivity index (χ2v) is 6.02. The van der Waals surface area contributed by atoms with Crippen LogP contribution in [0.2, 0.25) is 0 Å². The number of fused-ring (bicyclic) bond motifs is 2. The summed E-state index contributed by atoms with van der Waals surface area (Å²) in [6, 6.07) is 9.47. The van der Waals surface area contributed by atoms with Crippen molar-refractivity contribution < 1.29 is 24.2 Å². The normalized spacial score (nSPS) is 18.7. The Morgan fingerprint density at radius 1 is 0.840 bits per heavy atom. The molecular weight excluding hydrogens is 324 g/mol. The highest BCUT2D eigenvalue weighted by Gasteiger charge is 2.34. The van der Waals surface area contributed by atoms with Crippen LogP contribution >= 0.6 is 0 Å². The molecule has 2 aliphatic rings. The van der Waals surface area contributed by atoms with Crippen molar-refractivity contribution in [3.8, 4) is 11.5 Å². The first-order valence-electron chi connectivity index (χ1n) is 7.62. The predicted octanol–water partition coefficient (Wildman–Crippen LogP) is 1.78. The van der Waals surface area contributed by atoms with E-state index >= 15 is 0 Å². The molecule has 126 valence electrons. The summed E-state index contributed by atoms with van der Waals surface area (Å²) in [5, 5.41) is 10.1. The summed E-state index contributed by atoms with van der Waals surface area (Å²) in [5.41, 5.74) is 1.54. The number of hydrogen-bond acceptors (Lipinski definition) is 5. The fourth-order valence-corrected chi connectivity index (χ4v) is 3.06. The molecule has 1 atom stereocenters. The zero-order chi connectivity index (χ0) is 17.9. The van der Waals surface area contributed by atoms with E-state index in [0.29, 0.717) is 33.8 Å². The Morgan fingerprint density at radius 3 is 2.16 bits per heavy atom. The summed E-state index contributed by atoms with van der Waals surface area (Å²) in [7, 11) is 2.95. The van der Waals surface area contributed by atoms with Crippen molar-refractivity contribution in [2.24, 2.45) is 0 Å². The minimum atomic E-state index is -1.01. The molecule has 0 aromatic heterocycles. The molecule has 7 heteroatoms. The van der Waals surface area contributed by atoms with Crippen molar-refractivity contribution in [3.63, 3.8) is 0 Å². The molecule has 0 saturated carbocycles. The van der Waals surface area contributed by atoms with E-state index in [2.05, 4.69) is 0 Å². The molecule has 0 aliphatic carbocycles. The predicted molar refractivity (Wildman–Crippen MR) is 86.4 cm³/mol. The first-order valence-corrected chi connectivity index (χ1v) is 7.62. The lowest BCUT2D eigenvalue weighted by Gasteiger charge is -2.14.